The van der Waals surface area contributed by atoms with Gasteiger partial charge >= 0.3 is 0 Å². The van der Waals surface area contributed by atoms with Crippen molar-refractivity contribution in [3.05, 3.63) is 46.6 Å². The number of carbonyl (C=O) groups excluding carboxylic acids is 1. The Morgan fingerprint density at radius 1 is 0.971 bits per heavy atom. The molecule has 34 heavy (non-hydrogen) atoms. The molecule has 2 fully saturated rings. The summed E-state index contributed by atoms with van der Waals surface area (Å²) < 4.78 is 7.68. The van der Waals surface area contributed by atoms with Gasteiger partial charge in [-0.1, -0.05) is 73.3 Å². The predicted octanol–water partition coefficient (Wildman–Crippen LogP) is 6.77. The third-order valence-corrected chi connectivity index (χ3v) is 7.78. The zero-order valence-electron chi connectivity index (χ0n) is 22.4. The Bertz CT molecular complexity index is 993. The topological polar surface area (TPSA) is 43.3 Å². The first-order valence-corrected chi connectivity index (χ1v) is 13.2. The Morgan fingerprint density at radius 3 is 2.06 bits per heavy atom. The van der Waals surface area contributed by atoms with Crippen molar-refractivity contribution in [1.82, 2.24) is 9.88 Å². The highest BCUT2D eigenvalue weighted by Crippen LogP contribution is 2.36. The van der Waals surface area contributed by atoms with Crippen LogP contribution in [0.1, 0.15) is 101 Å². The molecule has 4 nitrogen and oxygen atoms in total. The zero-order chi connectivity index (χ0) is 24.7. The quantitative estimate of drug-likeness (QED) is 0.513. The minimum absolute atomic E-state index is 0.0229. The van der Waals surface area contributed by atoms with Gasteiger partial charge in [0.05, 0.1) is 24.8 Å². The van der Waals surface area contributed by atoms with Gasteiger partial charge in [-0.25, -0.2) is 0 Å². The molecule has 2 heterocycles. The largest absolute Gasteiger partial charge is 0.377 e. The van der Waals surface area contributed by atoms with Crippen LogP contribution < -0.4 is 5.32 Å². The number of hydrogen-bond donors (Lipinski definition) is 1. The van der Waals surface area contributed by atoms with Gasteiger partial charge in [0.25, 0.3) is 5.91 Å². The van der Waals surface area contributed by atoms with Crippen LogP contribution in [-0.2, 0) is 22.1 Å². The summed E-state index contributed by atoms with van der Waals surface area (Å²) in [4.78, 5) is 13.2. The number of benzene rings is 1. The van der Waals surface area contributed by atoms with Crippen molar-refractivity contribution in [2.24, 2.45) is 5.92 Å². The summed E-state index contributed by atoms with van der Waals surface area (Å²) in [5.41, 5.74) is 7.05. The lowest BCUT2D eigenvalue weighted by Crippen LogP contribution is -2.48. The maximum atomic E-state index is 13.2. The molecule has 1 N–H and O–H groups in total. The van der Waals surface area contributed by atoms with E-state index in [1.807, 2.05) is 0 Å². The molecule has 1 saturated carbocycles. The molecule has 1 amide bonds. The van der Waals surface area contributed by atoms with Gasteiger partial charge in [0.2, 0.25) is 0 Å². The number of nitrogens with one attached hydrogen (secondary N) is 1. The second-order valence-corrected chi connectivity index (χ2v) is 12.6. The number of rotatable bonds is 6. The maximum absolute atomic E-state index is 13.2. The standard InChI is InChI=1S/C30H44N2O2/c1-20-26(28(33)31-25-18-34-19-25)17-27(32(20)13-12-21-10-8-9-11-21)22-14-23(29(2,3)4)16-24(15-22)30(5,6)7/h14-17,21,25H,8-13,18-19H2,1-7H3,(H,31,33). The molecule has 1 saturated heterocycles. The first-order valence-electron chi connectivity index (χ1n) is 13.2. The predicted molar refractivity (Wildman–Crippen MR) is 141 cm³/mol. The lowest BCUT2D eigenvalue weighted by molar-refractivity contribution is -0.00347. The SMILES string of the molecule is Cc1c(C(=O)NC2COC2)cc(-c2cc(C(C)(C)C)cc(C(C)(C)C)c2)n1CCC1CCCC1. The van der Waals surface area contributed by atoms with Crippen molar-refractivity contribution < 1.29 is 9.53 Å². The van der Waals surface area contributed by atoms with E-state index in [9.17, 15) is 4.79 Å². The van der Waals surface area contributed by atoms with E-state index in [1.54, 1.807) is 0 Å². The summed E-state index contributed by atoms with van der Waals surface area (Å²) in [5.74, 6) is 0.833. The van der Waals surface area contributed by atoms with Crippen molar-refractivity contribution >= 4 is 5.91 Å². The van der Waals surface area contributed by atoms with Crippen LogP contribution in [0.15, 0.2) is 24.3 Å². The third-order valence-electron chi connectivity index (χ3n) is 7.78. The molecule has 186 valence electrons. The van der Waals surface area contributed by atoms with Gasteiger partial charge in [-0.2, -0.15) is 0 Å². The number of hydrogen-bond acceptors (Lipinski definition) is 2. The minimum atomic E-state index is 0.0229. The Kier molecular flexibility index (Phi) is 7.01. The molecular formula is C30H44N2O2. The third kappa shape index (κ3) is 5.43. The molecule has 1 aliphatic heterocycles. The second kappa shape index (κ2) is 9.53. The van der Waals surface area contributed by atoms with E-state index < -0.39 is 0 Å². The molecule has 4 heteroatoms. The molecular weight excluding hydrogens is 420 g/mol. The Hall–Kier alpha value is -2.07. The van der Waals surface area contributed by atoms with Crippen LogP contribution in [-0.4, -0.2) is 29.7 Å². The van der Waals surface area contributed by atoms with Gasteiger partial charge in [-0.15, -0.1) is 0 Å². The molecule has 0 bridgehead atoms. The molecule has 0 spiro atoms. The molecule has 0 atom stereocenters. The van der Waals surface area contributed by atoms with E-state index in [1.165, 1.54) is 54.5 Å². The van der Waals surface area contributed by atoms with E-state index in [4.69, 9.17) is 4.74 Å². The summed E-state index contributed by atoms with van der Waals surface area (Å²) in [6, 6.07) is 9.32. The fraction of sp³-hybridized carbons (Fsp3) is 0.633. The monoisotopic (exact) mass is 464 g/mol. The van der Waals surface area contributed by atoms with E-state index >= 15 is 0 Å². The second-order valence-electron chi connectivity index (χ2n) is 12.6. The molecule has 4 rings (SSSR count). The smallest absolute Gasteiger partial charge is 0.253 e. The van der Waals surface area contributed by atoms with Gasteiger partial charge in [-0.3, -0.25) is 4.79 Å². The van der Waals surface area contributed by atoms with Gasteiger partial charge < -0.3 is 14.6 Å². The molecule has 2 aromatic rings. The van der Waals surface area contributed by atoms with Crippen LogP contribution in [0, 0.1) is 12.8 Å². The van der Waals surface area contributed by atoms with Crippen LogP contribution >= 0.6 is 0 Å². The van der Waals surface area contributed by atoms with Crippen molar-refractivity contribution in [2.45, 2.75) is 104 Å². The van der Waals surface area contributed by atoms with Crippen LogP contribution in [0.3, 0.4) is 0 Å². The summed E-state index contributed by atoms with van der Waals surface area (Å²) in [6.07, 6.45) is 6.60. The highest BCUT2D eigenvalue weighted by molar-refractivity contribution is 5.97. The molecule has 0 radical (unpaired) electrons. The van der Waals surface area contributed by atoms with Crippen molar-refractivity contribution in [2.75, 3.05) is 13.2 Å². The zero-order valence-corrected chi connectivity index (χ0v) is 22.4. The van der Waals surface area contributed by atoms with E-state index in [2.05, 4.69) is 82.6 Å². The van der Waals surface area contributed by atoms with Gasteiger partial charge in [-0.05, 0) is 65.0 Å². The lowest BCUT2D eigenvalue weighted by atomic mass is 9.79. The number of amides is 1. The average Bonchev–Trinajstić information content (AvgIpc) is 3.35. The minimum Gasteiger partial charge on any atom is -0.377 e. The average molecular weight is 465 g/mol. The van der Waals surface area contributed by atoms with Gasteiger partial charge in [0.15, 0.2) is 0 Å². The van der Waals surface area contributed by atoms with Crippen molar-refractivity contribution in [1.29, 1.82) is 0 Å². The number of aromatic nitrogens is 1. The van der Waals surface area contributed by atoms with Crippen molar-refractivity contribution in [3.63, 3.8) is 0 Å². The highest BCUT2D eigenvalue weighted by atomic mass is 16.5. The Labute approximate surface area is 206 Å². The normalized spacial score (nSPS) is 17.7. The van der Waals surface area contributed by atoms with E-state index in [0.29, 0.717) is 13.2 Å². The molecule has 1 aromatic carbocycles. The fourth-order valence-electron chi connectivity index (χ4n) is 5.24. The lowest BCUT2D eigenvalue weighted by Gasteiger charge is -2.26. The number of nitrogens with zero attached hydrogens (tertiary/aromatic N) is 1. The van der Waals surface area contributed by atoms with Crippen LogP contribution in [0.2, 0.25) is 0 Å². The number of carbonyl (C=O) groups is 1. The maximum Gasteiger partial charge on any atom is 0.253 e. The Balaban J connectivity index is 1.78. The molecule has 1 aromatic heterocycles. The fourth-order valence-corrected chi connectivity index (χ4v) is 5.24. The Morgan fingerprint density at radius 2 is 1.56 bits per heavy atom. The van der Waals surface area contributed by atoms with Crippen LogP contribution in [0.4, 0.5) is 0 Å². The molecule has 2 aliphatic rings. The van der Waals surface area contributed by atoms with E-state index in [-0.39, 0.29) is 22.8 Å². The first kappa shape index (κ1) is 25.0. The van der Waals surface area contributed by atoms with Crippen molar-refractivity contribution in [3.8, 4) is 11.3 Å². The number of ether oxygens (including phenoxy) is 1. The van der Waals surface area contributed by atoms with Gasteiger partial charge in [0.1, 0.15) is 0 Å². The summed E-state index contributed by atoms with van der Waals surface area (Å²) >= 11 is 0. The summed E-state index contributed by atoms with van der Waals surface area (Å²) in [7, 11) is 0. The first-order chi connectivity index (χ1) is 15.9. The van der Waals surface area contributed by atoms with Crippen LogP contribution in [0.25, 0.3) is 11.3 Å². The van der Waals surface area contributed by atoms with Crippen LogP contribution in [0.5, 0.6) is 0 Å². The summed E-state index contributed by atoms with van der Waals surface area (Å²) in [5, 5.41) is 3.16. The van der Waals surface area contributed by atoms with E-state index in [0.717, 1.165) is 23.7 Å². The summed E-state index contributed by atoms with van der Waals surface area (Å²) in [6.45, 7) is 18.0. The molecule has 1 aliphatic carbocycles. The highest BCUT2D eigenvalue weighted by Gasteiger charge is 2.27. The van der Waals surface area contributed by atoms with Gasteiger partial charge in [0, 0.05) is 17.9 Å². The molecule has 0 unspecified atom stereocenters.